The average molecular weight is 303 g/mol. The first-order valence-corrected chi connectivity index (χ1v) is 7.15. The molecule has 1 heterocycles. The molecule has 5 heteroatoms. The normalized spacial score (nSPS) is 11.0. The molecular formula is C16H15ClN2O2. The second-order valence-electron chi connectivity index (χ2n) is 4.74. The fourth-order valence-electron chi connectivity index (χ4n) is 2.14. The number of hydrogen-bond acceptors (Lipinski definition) is 4. The molecule has 0 aliphatic heterocycles. The van der Waals surface area contributed by atoms with Crippen molar-refractivity contribution in [3.05, 3.63) is 52.9 Å². The van der Waals surface area contributed by atoms with Gasteiger partial charge in [0, 0.05) is 24.2 Å². The Balaban J connectivity index is 1.80. The van der Waals surface area contributed by atoms with Gasteiger partial charge in [-0.2, -0.15) is 0 Å². The summed E-state index contributed by atoms with van der Waals surface area (Å²) >= 11 is 5.89. The number of halogens is 1. The number of rotatable bonds is 4. The number of para-hydroxylation sites is 1. The van der Waals surface area contributed by atoms with Crippen LogP contribution in [0.5, 0.6) is 5.75 Å². The van der Waals surface area contributed by atoms with Crippen molar-refractivity contribution < 1.29 is 9.52 Å². The van der Waals surface area contributed by atoms with Crippen LogP contribution in [-0.4, -0.2) is 10.1 Å². The lowest BCUT2D eigenvalue weighted by Gasteiger charge is -2.08. The van der Waals surface area contributed by atoms with E-state index in [-0.39, 0.29) is 5.75 Å². The molecule has 1 aromatic heterocycles. The quantitative estimate of drug-likeness (QED) is 0.751. The molecule has 0 atom stereocenters. The number of hydrogen-bond donors (Lipinski definition) is 2. The number of aromatic nitrogens is 1. The predicted octanol–water partition coefficient (Wildman–Crippen LogP) is 4.36. The van der Waals surface area contributed by atoms with Crippen LogP contribution in [0, 0.1) is 0 Å². The van der Waals surface area contributed by atoms with Gasteiger partial charge in [-0.1, -0.05) is 30.7 Å². The van der Waals surface area contributed by atoms with Gasteiger partial charge in [-0.05, 0) is 24.3 Å². The summed E-state index contributed by atoms with van der Waals surface area (Å²) in [5.41, 5.74) is 3.27. The van der Waals surface area contributed by atoms with Crippen LogP contribution < -0.4 is 5.32 Å². The maximum atomic E-state index is 9.88. The summed E-state index contributed by atoms with van der Waals surface area (Å²) in [5.74, 6) is 0.845. The summed E-state index contributed by atoms with van der Waals surface area (Å²) < 4.78 is 5.57. The highest BCUT2D eigenvalue weighted by molar-refractivity contribution is 6.32. The zero-order valence-corrected chi connectivity index (χ0v) is 12.3. The maximum absolute atomic E-state index is 9.88. The molecule has 0 bridgehead atoms. The number of oxazole rings is 1. The lowest BCUT2D eigenvalue weighted by Crippen LogP contribution is -1.99. The third-order valence-corrected chi connectivity index (χ3v) is 3.59. The molecule has 0 radical (unpaired) electrons. The van der Waals surface area contributed by atoms with Crippen molar-refractivity contribution in [2.45, 2.75) is 19.9 Å². The van der Waals surface area contributed by atoms with Gasteiger partial charge in [0.25, 0.3) is 0 Å². The van der Waals surface area contributed by atoms with Gasteiger partial charge in [0.05, 0.1) is 5.02 Å². The Morgan fingerprint density at radius 2 is 2.14 bits per heavy atom. The molecule has 0 fully saturated rings. The van der Waals surface area contributed by atoms with Crippen molar-refractivity contribution in [1.29, 1.82) is 0 Å². The van der Waals surface area contributed by atoms with E-state index in [1.165, 1.54) is 0 Å². The second kappa shape index (κ2) is 5.66. The molecule has 2 N–H and O–H groups in total. The van der Waals surface area contributed by atoms with E-state index < -0.39 is 0 Å². The fraction of sp³-hybridized carbons (Fsp3) is 0.188. The minimum atomic E-state index is 0.113. The van der Waals surface area contributed by atoms with Gasteiger partial charge in [-0.3, -0.25) is 0 Å². The zero-order chi connectivity index (χ0) is 14.8. The van der Waals surface area contributed by atoms with E-state index in [4.69, 9.17) is 16.0 Å². The Morgan fingerprint density at radius 1 is 1.29 bits per heavy atom. The highest BCUT2D eigenvalue weighted by Crippen LogP contribution is 2.28. The molecule has 0 spiro atoms. The van der Waals surface area contributed by atoms with Gasteiger partial charge >= 0.3 is 0 Å². The third kappa shape index (κ3) is 2.81. The molecule has 2 aromatic carbocycles. The van der Waals surface area contributed by atoms with E-state index in [2.05, 4.69) is 10.3 Å². The fourth-order valence-corrected chi connectivity index (χ4v) is 2.33. The number of benzene rings is 2. The standard InChI is InChI=1S/C16H15ClN2O2/c1-2-15-19-13-8-11(6-7-14(13)21-15)18-9-10-4-3-5-12(17)16(10)20/h3-8,18,20H,2,9H2,1H3. The summed E-state index contributed by atoms with van der Waals surface area (Å²) in [5, 5.41) is 13.5. The van der Waals surface area contributed by atoms with Gasteiger partial charge in [0.2, 0.25) is 0 Å². The van der Waals surface area contributed by atoms with Crippen LogP contribution >= 0.6 is 11.6 Å². The van der Waals surface area contributed by atoms with E-state index in [0.717, 1.165) is 34.7 Å². The number of nitrogens with one attached hydrogen (secondary N) is 1. The van der Waals surface area contributed by atoms with Crippen LogP contribution in [0.25, 0.3) is 11.1 Å². The van der Waals surface area contributed by atoms with Gasteiger partial charge in [0.1, 0.15) is 11.3 Å². The largest absolute Gasteiger partial charge is 0.506 e. The molecule has 0 unspecified atom stereocenters. The minimum Gasteiger partial charge on any atom is -0.506 e. The average Bonchev–Trinajstić information content (AvgIpc) is 2.91. The Hall–Kier alpha value is -2.20. The summed E-state index contributed by atoms with van der Waals surface area (Å²) in [7, 11) is 0. The molecule has 4 nitrogen and oxygen atoms in total. The SMILES string of the molecule is CCc1nc2cc(NCc3cccc(Cl)c3O)ccc2o1. The molecule has 0 saturated carbocycles. The summed E-state index contributed by atoms with van der Waals surface area (Å²) in [4.78, 5) is 4.40. The zero-order valence-electron chi connectivity index (χ0n) is 11.6. The van der Waals surface area contributed by atoms with Crippen molar-refractivity contribution in [3.8, 4) is 5.75 Å². The number of phenolic OH excluding ortho intramolecular Hbond substituents is 1. The number of aromatic hydroxyl groups is 1. The molecular weight excluding hydrogens is 288 g/mol. The Morgan fingerprint density at radius 3 is 2.95 bits per heavy atom. The van der Waals surface area contributed by atoms with Gasteiger partial charge in [-0.25, -0.2) is 4.98 Å². The molecule has 3 rings (SSSR count). The first-order chi connectivity index (χ1) is 10.2. The molecule has 21 heavy (non-hydrogen) atoms. The van der Waals surface area contributed by atoms with Crippen LogP contribution in [0.4, 0.5) is 5.69 Å². The minimum absolute atomic E-state index is 0.113. The molecule has 0 aliphatic rings. The van der Waals surface area contributed by atoms with Crippen LogP contribution in [0.15, 0.2) is 40.8 Å². The van der Waals surface area contributed by atoms with Crippen molar-refractivity contribution in [3.63, 3.8) is 0 Å². The van der Waals surface area contributed by atoms with E-state index in [9.17, 15) is 5.11 Å². The monoisotopic (exact) mass is 302 g/mol. The van der Waals surface area contributed by atoms with E-state index in [0.29, 0.717) is 11.6 Å². The van der Waals surface area contributed by atoms with Gasteiger partial charge in [-0.15, -0.1) is 0 Å². The van der Waals surface area contributed by atoms with E-state index >= 15 is 0 Å². The van der Waals surface area contributed by atoms with Crippen LogP contribution in [0.2, 0.25) is 5.02 Å². The lowest BCUT2D eigenvalue weighted by atomic mass is 10.2. The number of aryl methyl sites for hydroxylation is 1. The smallest absolute Gasteiger partial charge is 0.195 e. The Labute approximate surface area is 127 Å². The number of nitrogens with zero attached hydrogens (tertiary/aromatic N) is 1. The summed E-state index contributed by atoms with van der Waals surface area (Å²) in [6, 6.07) is 11.1. The van der Waals surface area contributed by atoms with E-state index in [1.54, 1.807) is 6.07 Å². The number of fused-ring (bicyclic) bond motifs is 1. The van der Waals surface area contributed by atoms with Crippen molar-refractivity contribution in [1.82, 2.24) is 4.98 Å². The number of phenols is 1. The Kier molecular flexibility index (Phi) is 3.71. The highest BCUT2D eigenvalue weighted by atomic mass is 35.5. The number of anilines is 1. The second-order valence-corrected chi connectivity index (χ2v) is 5.15. The molecule has 0 aliphatic carbocycles. The van der Waals surface area contributed by atoms with Crippen molar-refractivity contribution in [2.24, 2.45) is 0 Å². The van der Waals surface area contributed by atoms with Crippen LogP contribution in [0.1, 0.15) is 18.4 Å². The Bertz CT molecular complexity index is 783. The first-order valence-electron chi connectivity index (χ1n) is 6.77. The highest BCUT2D eigenvalue weighted by Gasteiger charge is 2.07. The van der Waals surface area contributed by atoms with Crippen LogP contribution in [0.3, 0.4) is 0 Å². The first kappa shape index (κ1) is 13.8. The van der Waals surface area contributed by atoms with Crippen molar-refractivity contribution in [2.75, 3.05) is 5.32 Å². The molecule has 3 aromatic rings. The van der Waals surface area contributed by atoms with Crippen molar-refractivity contribution >= 4 is 28.4 Å². The van der Waals surface area contributed by atoms with Gasteiger partial charge in [0.15, 0.2) is 11.5 Å². The summed E-state index contributed by atoms with van der Waals surface area (Å²) in [6.45, 7) is 2.49. The molecule has 0 amide bonds. The van der Waals surface area contributed by atoms with E-state index in [1.807, 2.05) is 37.3 Å². The summed E-state index contributed by atoms with van der Waals surface area (Å²) in [6.07, 6.45) is 0.772. The molecule has 108 valence electrons. The molecule has 0 saturated heterocycles. The lowest BCUT2D eigenvalue weighted by molar-refractivity contribution is 0.469. The maximum Gasteiger partial charge on any atom is 0.195 e. The third-order valence-electron chi connectivity index (χ3n) is 3.29. The van der Waals surface area contributed by atoms with Gasteiger partial charge < -0.3 is 14.8 Å². The topological polar surface area (TPSA) is 58.3 Å². The van der Waals surface area contributed by atoms with Crippen LogP contribution in [-0.2, 0) is 13.0 Å². The predicted molar refractivity (Wildman–Crippen MR) is 83.8 cm³/mol.